The fourth-order valence-electron chi connectivity index (χ4n) is 3.07. The molecule has 2 aromatic carbocycles. The zero-order valence-corrected chi connectivity index (χ0v) is 12.8. The summed E-state index contributed by atoms with van der Waals surface area (Å²) < 4.78 is 10.0. The van der Waals surface area contributed by atoms with E-state index in [1.165, 1.54) is 10.9 Å². The minimum absolute atomic E-state index is 0.587. The number of fused-ring (bicyclic) bond motifs is 2. The van der Waals surface area contributed by atoms with Crippen molar-refractivity contribution in [2.45, 2.75) is 6.54 Å². The van der Waals surface area contributed by atoms with Crippen molar-refractivity contribution in [1.82, 2.24) is 19.1 Å². The van der Waals surface area contributed by atoms with Crippen molar-refractivity contribution in [1.29, 1.82) is 0 Å². The average molecular weight is 314 g/mol. The van der Waals surface area contributed by atoms with Crippen molar-refractivity contribution in [3.63, 3.8) is 0 Å². The van der Waals surface area contributed by atoms with Crippen LogP contribution in [0, 0.1) is 0 Å². The molecular weight excluding hydrogens is 300 g/mol. The fourth-order valence-corrected chi connectivity index (χ4v) is 3.07. The van der Waals surface area contributed by atoms with Gasteiger partial charge in [0.05, 0.1) is 18.4 Å². The van der Waals surface area contributed by atoms with Crippen molar-refractivity contribution in [2.75, 3.05) is 0 Å². The maximum atomic E-state index is 5.94. The molecule has 24 heavy (non-hydrogen) atoms. The Kier molecular flexibility index (Phi) is 2.79. The molecule has 0 saturated carbocycles. The van der Waals surface area contributed by atoms with Crippen LogP contribution in [0.5, 0.6) is 0 Å². The molecule has 0 saturated heterocycles. The molecule has 0 N–H and O–H groups in total. The Morgan fingerprint density at radius 3 is 2.75 bits per heavy atom. The second kappa shape index (κ2) is 5.09. The highest BCUT2D eigenvalue weighted by atomic mass is 16.4. The normalized spacial score (nSPS) is 11.5. The van der Waals surface area contributed by atoms with Gasteiger partial charge in [0, 0.05) is 24.0 Å². The first-order valence-corrected chi connectivity index (χ1v) is 7.79. The second-order valence-electron chi connectivity index (χ2n) is 5.74. The van der Waals surface area contributed by atoms with Crippen molar-refractivity contribution in [3.05, 3.63) is 79.0 Å². The number of imidazole rings is 1. The predicted octanol–water partition coefficient (Wildman–Crippen LogP) is 4.02. The fraction of sp³-hybridized carbons (Fsp3) is 0.0526. The number of hydrogen-bond donors (Lipinski definition) is 0. The number of aromatic nitrogens is 4. The average Bonchev–Trinajstić information content (AvgIpc) is 3.33. The van der Waals surface area contributed by atoms with Crippen LogP contribution < -0.4 is 0 Å². The van der Waals surface area contributed by atoms with Crippen LogP contribution in [0.25, 0.3) is 28.0 Å². The Balaban J connectivity index is 1.70. The Bertz CT molecular complexity index is 1100. The van der Waals surface area contributed by atoms with Gasteiger partial charge in [0.1, 0.15) is 5.52 Å². The van der Waals surface area contributed by atoms with Crippen LogP contribution in [0.3, 0.4) is 0 Å². The van der Waals surface area contributed by atoms with Gasteiger partial charge in [-0.1, -0.05) is 30.3 Å². The second-order valence-corrected chi connectivity index (χ2v) is 5.74. The highest BCUT2D eigenvalue weighted by molar-refractivity contribution is 5.85. The summed E-state index contributed by atoms with van der Waals surface area (Å²) >= 11 is 0. The summed E-state index contributed by atoms with van der Waals surface area (Å²) in [5, 5.41) is 1.19. The number of hydrogen-bond acceptors (Lipinski definition) is 3. The smallest absolute Gasteiger partial charge is 0.307 e. The van der Waals surface area contributed by atoms with Crippen LogP contribution >= 0.6 is 0 Å². The van der Waals surface area contributed by atoms with Crippen molar-refractivity contribution >= 4 is 22.0 Å². The van der Waals surface area contributed by atoms with E-state index in [4.69, 9.17) is 4.42 Å². The van der Waals surface area contributed by atoms with E-state index in [2.05, 4.69) is 38.9 Å². The lowest BCUT2D eigenvalue weighted by Gasteiger charge is -1.99. The van der Waals surface area contributed by atoms with Gasteiger partial charge in [-0.3, -0.25) is 4.57 Å². The van der Waals surface area contributed by atoms with Gasteiger partial charge in [-0.2, -0.15) is 4.98 Å². The van der Waals surface area contributed by atoms with Gasteiger partial charge < -0.3 is 8.98 Å². The maximum Gasteiger partial charge on any atom is 0.307 e. The highest BCUT2D eigenvalue weighted by Crippen LogP contribution is 2.27. The molecule has 0 unspecified atom stereocenters. The molecule has 0 amide bonds. The van der Waals surface area contributed by atoms with Crippen molar-refractivity contribution in [2.24, 2.45) is 0 Å². The minimum Gasteiger partial charge on any atom is -0.423 e. The molecule has 0 fully saturated rings. The SMILES string of the molecule is c1ccc2oc(-n3cc(Cn4ccnc4)c4ccccc43)nc2c1. The lowest BCUT2D eigenvalue weighted by Crippen LogP contribution is -1.95. The summed E-state index contributed by atoms with van der Waals surface area (Å²) in [4.78, 5) is 8.74. The van der Waals surface area contributed by atoms with Crippen molar-refractivity contribution < 1.29 is 4.42 Å². The molecule has 5 rings (SSSR count). The van der Waals surface area contributed by atoms with E-state index in [1.807, 2.05) is 47.4 Å². The molecule has 5 nitrogen and oxygen atoms in total. The minimum atomic E-state index is 0.587. The predicted molar refractivity (Wildman–Crippen MR) is 92.2 cm³/mol. The molecule has 0 bridgehead atoms. The van der Waals surface area contributed by atoms with Crippen molar-refractivity contribution in [3.8, 4) is 6.01 Å². The van der Waals surface area contributed by atoms with E-state index in [1.54, 1.807) is 6.20 Å². The molecule has 5 aromatic rings. The molecule has 0 atom stereocenters. The standard InChI is InChI=1S/C19H14N4O/c1-3-7-17-15(5-1)14(11-22-10-9-20-13-22)12-23(17)19-21-16-6-2-4-8-18(16)24-19/h1-10,12-13H,11H2. The third-order valence-corrected chi connectivity index (χ3v) is 4.20. The largest absolute Gasteiger partial charge is 0.423 e. The van der Waals surface area contributed by atoms with Crippen LogP contribution in [0.15, 0.2) is 77.9 Å². The topological polar surface area (TPSA) is 48.8 Å². The molecule has 0 aliphatic carbocycles. The summed E-state index contributed by atoms with van der Waals surface area (Å²) in [7, 11) is 0. The van der Waals surface area contributed by atoms with Gasteiger partial charge in [0.2, 0.25) is 0 Å². The van der Waals surface area contributed by atoms with E-state index in [0.29, 0.717) is 6.01 Å². The lowest BCUT2D eigenvalue weighted by molar-refractivity contribution is 0.569. The first-order chi connectivity index (χ1) is 11.9. The van der Waals surface area contributed by atoms with Gasteiger partial charge >= 0.3 is 6.01 Å². The summed E-state index contributed by atoms with van der Waals surface area (Å²) in [6.45, 7) is 0.758. The Morgan fingerprint density at radius 2 is 1.88 bits per heavy atom. The molecule has 0 aliphatic rings. The Hall–Kier alpha value is -3.34. The van der Waals surface area contributed by atoms with E-state index in [0.717, 1.165) is 23.2 Å². The number of oxazole rings is 1. The van der Waals surface area contributed by atoms with E-state index < -0.39 is 0 Å². The lowest BCUT2D eigenvalue weighted by atomic mass is 10.2. The monoisotopic (exact) mass is 314 g/mol. The molecule has 0 aliphatic heterocycles. The van der Waals surface area contributed by atoms with Crippen LogP contribution in [0.2, 0.25) is 0 Å². The number of nitrogens with zero attached hydrogens (tertiary/aromatic N) is 4. The first-order valence-electron chi connectivity index (χ1n) is 7.79. The number of rotatable bonds is 3. The number of benzene rings is 2. The first kappa shape index (κ1) is 13.1. The Morgan fingerprint density at radius 1 is 1.00 bits per heavy atom. The molecule has 0 spiro atoms. The van der Waals surface area contributed by atoms with Gasteiger partial charge in [-0.25, -0.2) is 4.98 Å². The van der Waals surface area contributed by atoms with Crippen LogP contribution in [-0.2, 0) is 6.54 Å². The molecule has 3 heterocycles. The highest BCUT2D eigenvalue weighted by Gasteiger charge is 2.14. The van der Waals surface area contributed by atoms with Crippen LogP contribution in [-0.4, -0.2) is 19.1 Å². The van der Waals surface area contributed by atoms with E-state index in [-0.39, 0.29) is 0 Å². The number of para-hydroxylation sites is 3. The molecule has 5 heteroatoms. The molecule has 116 valence electrons. The maximum absolute atomic E-state index is 5.94. The third-order valence-electron chi connectivity index (χ3n) is 4.20. The van der Waals surface area contributed by atoms with Crippen LogP contribution in [0.1, 0.15) is 5.56 Å². The Labute approximate surface area is 137 Å². The molecular formula is C19H14N4O. The molecule has 0 radical (unpaired) electrons. The zero-order chi connectivity index (χ0) is 15.9. The zero-order valence-electron chi connectivity index (χ0n) is 12.8. The summed E-state index contributed by atoms with van der Waals surface area (Å²) in [5.74, 6) is 0. The van der Waals surface area contributed by atoms with Gasteiger partial charge in [0.25, 0.3) is 0 Å². The van der Waals surface area contributed by atoms with Gasteiger partial charge in [-0.15, -0.1) is 0 Å². The van der Waals surface area contributed by atoms with Gasteiger partial charge in [0.15, 0.2) is 5.58 Å². The van der Waals surface area contributed by atoms with E-state index in [9.17, 15) is 0 Å². The van der Waals surface area contributed by atoms with Gasteiger partial charge in [-0.05, 0) is 23.8 Å². The third kappa shape index (κ3) is 2.02. The summed E-state index contributed by atoms with van der Waals surface area (Å²) in [5.41, 5.74) is 3.94. The quantitative estimate of drug-likeness (QED) is 0.505. The molecule has 3 aromatic heterocycles. The summed E-state index contributed by atoms with van der Waals surface area (Å²) in [6.07, 6.45) is 7.67. The van der Waals surface area contributed by atoms with E-state index >= 15 is 0 Å². The van der Waals surface area contributed by atoms with Crippen LogP contribution in [0.4, 0.5) is 0 Å². The summed E-state index contributed by atoms with van der Waals surface area (Å²) in [6, 6.07) is 16.7.